The van der Waals surface area contributed by atoms with Gasteiger partial charge in [-0.3, -0.25) is 0 Å². The van der Waals surface area contributed by atoms with Crippen LogP contribution in [0.5, 0.6) is 0 Å². The first-order valence-corrected chi connectivity index (χ1v) is 5.78. The zero-order valence-corrected chi connectivity index (χ0v) is 12.7. The Morgan fingerprint density at radius 2 is 1.12 bits per heavy atom. The fourth-order valence-electron chi connectivity index (χ4n) is 1.10. The largest absolute Gasteiger partial charge is 2.00 e. The summed E-state index contributed by atoms with van der Waals surface area (Å²) in [6.45, 7) is 7.25. The molecule has 0 radical (unpaired) electrons. The van der Waals surface area contributed by atoms with Crippen molar-refractivity contribution in [2.45, 2.75) is 53.4 Å². The molecule has 0 fully saturated rings. The van der Waals surface area contributed by atoms with Crippen LogP contribution in [0.2, 0.25) is 0 Å². The van der Waals surface area contributed by atoms with Gasteiger partial charge in [-0.25, -0.2) is 0 Å². The number of rotatable bonds is 6. The molecule has 0 saturated heterocycles. The second kappa shape index (κ2) is 13.8. The van der Waals surface area contributed by atoms with Crippen molar-refractivity contribution in [1.82, 2.24) is 0 Å². The van der Waals surface area contributed by atoms with Crippen LogP contribution in [0.3, 0.4) is 0 Å². The van der Waals surface area contributed by atoms with Gasteiger partial charge in [-0.15, -0.1) is 0 Å². The summed E-state index contributed by atoms with van der Waals surface area (Å²) in [5, 5.41) is 20.0. The first kappa shape index (κ1) is 21.9. The van der Waals surface area contributed by atoms with Crippen LogP contribution in [0.1, 0.15) is 53.4 Å². The third-order valence-corrected chi connectivity index (χ3v) is 2.25. The molecular weight excluding hydrogens is 232 g/mol. The quantitative estimate of drug-likeness (QED) is 0.623. The van der Waals surface area contributed by atoms with E-state index in [1.807, 2.05) is 13.8 Å². The van der Waals surface area contributed by atoms with Crippen LogP contribution in [-0.2, 0) is 9.59 Å². The predicted octanol–water partition coefficient (Wildman–Crippen LogP) is -0.0358. The van der Waals surface area contributed by atoms with Crippen molar-refractivity contribution in [1.29, 1.82) is 0 Å². The maximum Gasteiger partial charge on any atom is 2.00 e. The summed E-state index contributed by atoms with van der Waals surface area (Å²) in [5.74, 6) is -2.43. The number of hydrogen-bond acceptors (Lipinski definition) is 4. The number of carboxylic acid groups (broad SMARTS) is 2. The van der Waals surface area contributed by atoms with E-state index in [2.05, 4.69) is 0 Å². The molecule has 0 aliphatic heterocycles. The van der Waals surface area contributed by atoms with Gasteiger partial charge in [0.2, 0.25) is 0 Å². The minimum atomic E-state index is -0.938. The second-order valence-electron chi connectivity index (χ2n) is 4.02. The van der Waals surface area contributed by atoms with Gasteiger partial charge < -0.3 is 19.8 Å². The van der Waals surface area contributed by atoms with Crippen molar-refractivity contribution in [3.8, 4) is 0 Å². The Morgan fingerprint density at radius 3 is 1.18 bits per heavy atom. The number of carbonyl (C=O) groups is 2. The van der Waals surface area contributed by atoms with Gasteiger partial charge >= 0.3 is 23.1 Å². The minimum Gasteiger partial charge on any atom is -0.550 e. The number of hydrogen-bond donors (Lipinski definition) is 0. The molecule has 0 saturated carbocycles. The Morgan fingerprint density at radius 1 is 0.882 bits per heavy atom. The summed E-state index contributed by atoms with van der Waals surface area (Å²) in [6, 6.07) is 0. The van der Waals surface area contributed by atoms with E-state index in [0.29, 0.717) is 0 Å². The molecule has 0 bridgehead atoms. The standard InChI is InChI=1S/2C6H12O2.Mg/c2*1-3-4-5(2)6(7)8;/h2*5H,3-4H2,1-2H3,(H,7,8);/q;;+2/p-2. The molecule has 0 spiro atoms. The SMILES string of the molecule is CCCC(C)C(=O)[O-].CCCC(C)C(=O)[O-].[Mg+2]. The zero-order valence-electron chi connectivity index (χ0n) is 11.3. The smallest absolute Gasteiger partial charge is 0.550 e. The van der Waals surface area contributed by atoms with Gasteiger partial charge in [-0.05, 0) is 24.7 Å². The molecule has 17 heavy (non-hydrogen) atoms. The van der Waals surface area contributed by atoms with Crippen LogP contribution in [0, 0.1) is 11.8 Å². The van der Waals surface area contributed by atoms with Crippen molar-refractivity contribution in [3.05, 3.63) is 0 Å². The van der Waals surface area contributed by atoms with E-state index in [1.54, 1.807) is 13.8 Å². The summed E-state index contributed by atoms with van der Waals surface area (Å²) in [5.41, 5.74) is 0. The van der Waals surface area contributed by atoms with Gasteiger partial charge in [-0.2, -0.15) is 0 Å². The van der Waals surface area contributed by atoms with Crippen LogP contribution in [0.15, 0.2) is 0 Å². The van der Waals surface area contributed by atoms with E-state index in [4.69, 9.17) is 0 Å². The van der Waals surface area contributed by atoms with E-state index >= 15 is 0 Å². The Hall–Kier alpha value is -0.294. The third kappa shape index (κ3) is 15.7. The van der Waals surface area contributed by atoms with E-state index < -0.39 is 11.9 Å². The minimum absolute atomic E-state index is 0. The monoisotopic (exact) mass is 254 g/mol. The molecule has 0 N–H and O–H groups in total. The summed E-state index contributed by atoms with van der Waals surface area (Å²) in [6.07, 6.45) is 3.27. The molecule has 0 rings (SSSR count). The molecule has 5 heteroatoms. The van der Waals surface area contributed by atoms with Crippen molar-refractivity contribution in [3.63, 3.8) is 0 Å². The number of aliphatic carboxylic acids is 2. The fourth-order valence-corrected chi connectivity index (χ4v) is 1.10. The normalized spacial score (nSPS) is 12.5. The summed E-state index contributed by atoms with van der Waals surface area (Å²) in [4.78, 5) is 20.0. The van der Waals surface area contributed by atoms with Crippen molar-refractivity contribution >= 4 is 35.0 Å². The summed E-state index contributed by atoms with van der Waals surface area (Å²) >= 11 is 0. The van der Waals surface area contributed by atoms with Crippen molar-refractivity contribution in [2.75, 3.05) is 0 Å². The van der Waals surface area contributed by atoms with Crippen molar-refractivity contribution in [2.24, 2.45) is 11.8 Å². The molecule has 0 aromatic rings. The Balaban J connectivity index is -0.000000218. The Bertz CT molecular complexity index is 185. The van der Waals surface area contributed by atoms with Crippen LogP contribution >= 0.6 is 0 Å². The second-order valence-corrected chi connectivity index (χ2v) is 4.02. The molecule has 0 aromatic carbocycles. The molecule has 2 atom stereocenters. The zero-order chi connectivity index (χ0) is 13.1. The first-order chi connectivity index (χ1) is 7.36. The fraction of sp³-hybridized carbons (Fsp3) is 0.833. The molecule has 0 aliphatic carbocycles. The van der Waals surface area contributed by atoms with Crippen LogP contribution in [-0.4, -0.2) is 35.0 Å². The van der Waals surface area contributed by atoms with Gasteiger partial charge in [-0.1, -0.05) is 40.5 Å². The maximum atomic E-state index is 9.98. The molecule has 4 nitrogen and oxygen atoms in total. The molecule has 0 heterocycles. The van der Waals surface area contributed by atoms with Crippen LogP contribution in [0.25, 0.3) is 0 Å². The average Bonchev–Trinajstić information content (AvgIpc) is 2.19. The van der Waals surface area contributed by atoms with Gasteiger partial charge in [0.05, 0.1) is 0 Å². The Kier molecular flexibility index (Phi) is 17.8. The number of carbonyl (C=O) groups excluding carboxylic acids is 2. The molecular formula is C12H22MgO4. The number of carboxylic acids is 2. The van der Waals surface area contributed by atoms with Gasteiger partial charge in [0.15, 0.2) is 0 Å². The predicted molar refractivity (Wildman–Crippen MR) is 63.9 cm³/mol. The van der Waals surface area contributed by atoms with E-state index in [9.17, 15) is 19.8 Å². The van der Waals surface area contributed by atoms with Gasteiger partial charge in [0.25, 0.3) is 0 Å². The average molecular weight is 255 g/mol. The maximum absolute atomic E-state index is 9.98. The third-order valence-electron chi connectivity index (χ3n) is 2.25. The summed E-state index contributed by atoms with van der Waals surface area (Å²) < 4.78 is 0. The van der Waals surface area contributed by atoms with Crippen LogP contribution < -0.4 is 10.2 Å². The first-order valence-electron chi connectivity index (χ1n) is 5.78. The van der Waals surface area contributed by atoms with E-state index in [0.717, 1.165) is 25.7 Å². The summed E-state index contributed by atoms with van der Waals surface area (Å²) in [7, 11) is 0. The van der Waals surface area contributed by atoms with Crippen molar-refractivity contribution < 1.29 is 19.8 Å². The van der Waals surface area contributed by atoms with E-state index in [-0.39, 0.29) is 34.9 Å². The molecule has 96 valence electrons. The molecule has 0 aliphatic rings. The Labute approximate surface area is 120 Å². The van der Waals surface area contributed by atoms with E-state index in [1.165, 1.54) is 0 Å². The van der Waals surface area contributed by atoms with Crippen LogP contribution in [0.4, 0.5) is 0 Å². The topological polar surface area (TPSA) is 80.3 Å². The molecule has 2 unspecified atom stereocenters. The molecule has 0 aromatic heterocycles. The van der Waals surface area contributed by atoms with Gasteiger partial charge in [0.1, 0.15) is 0 Å². The van der Waals surface area contributed by atoms with Gasteiger partial charge in [0, 0.05) is 11.9 Å². The molecule has 0 amide bonds.